The van der Waals surface area contributed by atoms with E-state index in [0.717, 1.165) is 66.9 Å². The molecule has 0 radical (unpaired) electrons. The molecule has 1 aromatic rings. The number of phenols is 1. The fourth-order valence-corrected chi connectivity index (χ4v) is 8.63. The molecule has 4 atom stereocenters. The summed E-state index contributed by atoms with van der Waals surface area (Å²) in [5.41, 5.74) is 4.70. The van der Waals surface area contributed by atoms with E-state index in [2.05, 4.69) is 42.5 Å². The number of methoxy groups -OCH3 is 1. The molecule has 2 aliphatic heterocycles. The molecule has 0 aromatic heterocycles. The summed E-state index contributed by atoms with van der Waals surface area (Å²) >= 11 is 2.12. The number of carbonyl (C=O) groups is 2. The fourth-order valence-electron chi connectivity index (χ4n) is 8.00. The number of hydrogen-bond donors (Lipinski definition) is 2. The third-order valence-corrected chi connectivity index (χ3v) is 10.6. The SMILES string of the molecule is CCCC1=C2[C@@H](CC/C(=C/c3cc(I)c(O)c(OC)c3)CCC)OB(O)C[C@@H]2[C@@H]2C(=O)N(C3CCCCC3)C(=O)[C@@H]2C1. The van der Waals surface area contributed by atoms with E-state index >= 15 is 0 Å². The summed E-state index contributed by atoms with van der Waals surface area (Å²) in [6.45, 7) is 4.32. The quantitative estimate of drug-likeness (QED) is 0.120. The van der Waals surface area contributed by atoms with Crippen LogP contribution >= 0.6 is 22.6 Å². The molecule has 9 heteroatoms. The average Bonchev–Trinajstić information content (AvgIpc) is 3.23. The Labute approximate surface area is 264 Å². The molecule has 4 aliphatic rings. The molecule has 228 valence electrons. The van der Waals surface area contributed by atoms with E-state index in [1.54, 1.807) is 12.0 Å². The number of hydrogen-bond acceptors (Lipinski definition) is 6. The highest BCUT2D eigenvalue weighted by Crippen LogP contribution is 2.52. The number of allylic oxidation sites excluding steroid dienone is 2. The second-order valence-electron chi connectivity index (χ2n) is 12.6. The van der Waals surface area contributed by atoms with Crippen molar-refractivity contribution in [3.63, 3.8) is 0 Å². The van der Waals surface area contributed by atoms with Crippen molar-refractivity contribution in [2.45, 2.75) is 109 Å². The Morgan fingerprint density at radius 2 is 1.88 bits per heavy atom. The minimum absolute atomic E-state index is 0.00903. The summed E-state index contributed by atoms with van der Waals surface area (Å²) < 4.78 is 12.4. The molecule has 5 rings (SSSR count). The molecule has 1 aromatic carbocycles. The van der Waals surface area contributed by atoms with E-state index < -0.39 is 7.12 Å². The molecule has 2 N–H and O–H groups in total. The molecule has 0 spiro atoms. The zero-order valence-corrected chi connectivity index (χ0v) is 27.4. The maximum absolute atomic E-state index is 14.0. The maximum atomic E-state index is 14.0. The van der Waals surface area contributed by atoms with Crippen LogP contribution in [0, 0.1) is 21.3 Å². The summed E-state index contributed by atoms with van der Waals surface area (Å²) in [5.74, 6) is -0.216. The number of rotatable bonds is 10. The Kier molecular flexibility index (Phi) is 10.4. The number of likely N-dealkylation sites (tertiary alicyclic amines) is 1. The number of benzene rings is 1. The smallest absolute Gasteiger partial charge is 0.455 e. The molecule has 42 heavy (non-hydrogen) atoms. The normalized spacial score (nSPS) is 27.0. The Balaban J connectivity index is 1.42. The molecular formula is C33H45BINO6. The first-order chi connectivity index (χ1) is 20.3. The van der Waals surface area contributed by atoms with Gasteiger partial charge in [-0.05, 0) is 103 Å². The van der Waals surface area contributed by atoms with E-state index in [1.165, 1.54) is 23.1 Å². The Morgan fingerprint density at radius 1 is 1.12 bits per heavy atom. The van der Waals surface area contributed by atoms with Crippen molar-refractivity contribution < 1.29 is 29.1 Å². The first-order valence-corrected chi connectivity index (χ1v) is 17.0. The number of fused-ring (bicyclic) bond motifs is 3. The van der Waals surface area contributed by atoms with Crippen LogP contribution < -0.4 is 4.74 Å². The highest BCUT2D eigenvalue weighted by molar-refractivity contribution is 14.1. The largest absolute Gasteiger partial charge is 0.504 e. The molecule has 2 heterocycles. The van der Waals surface area contributed by atoms with Gasteiger partial charge in [0.1, 0.15) is 0 Å². The number of phenolic OH excluding ortho intramolecular Hbond substituents is 1. The second-order valence-corrected chi connectivity index (χ2v) is 13.7. The van der Waals surface area contributed by atoms with Gasteiger partial charge in [-0.25, -0.2) is 0 Å². The zero-order valence-electron chi connectivity index (χ0n) is 25.2. The van der Waals surface area contributed by atoms with Gasteiger partial charge in [-0.1, -0.05) is 63.2 Å². The van der Waals surface area contributed by atoms with Gasteiger partial charge in [-0.2, -0.15) is 0 Å². The second kappa shape index (κ2) is 13.8. The number of aromatic hydroxyl groups is 1. The summed E-state index contributed by atoms with van der Waals surface area (Å²) in [6.07, 6.45) is 13.3. The predicted molar refractivity (Wildman–Crippen MR) is 173 cm³/mol. The molecular weight excluding hydrogens is 644 g/mol. The first-order valence-electron chi connectivity index (χ1n) is 15.9. The minimum atomic E-state index is -0.946. The van der Waals surface area contributed by atoms with Crippen molar-refractivity contribution in [1.82, 2.24) is 4.90 Å². The number of halogens is 1. The highest BCUT2D eigenvalue weighted by atomic mass is 127. The molecule has 0 bridgehead atoms. The van der Waals surface area contributed by atoms with Gasteiger partial charge in [0, 0.05) is 6.04 Å². The minimum Gasteiger partial charge on any atom is -0.504 e. The third kappa shape index (κ3) is 6.34. The van der Waals surface area contributed by atoms with Crippen LogP contribution in [0.15, 0.2) is 28.9 Å². The lowest BCUT2D eigenvalue weighted by atomic mass is 9.58. The van der Waals surface area contributed by atoms with Gasteiger partial charge < -0.3 is 19.5 Å². The maximum Gasteiger partial charge on any atom is 0.455 e. The number of carbonyl (C=O) groups excluding carboxylic acids is 2. The lowest BCUT2D eigenvalue weighted by Crippen LogP contribution is -2.46. The molecule has 1 saturated carbocycles. The van der Waals surface area contributed by atoms with Crippen LogP contribution in [0.3, 0.4) is 0 Å². The van der Waals surface area contributed by atoms with E-state index in [-0.39, 0.29) is 47.5 Å². The summed E-state index contributed by atoms with van der Waals surface area (Å²) in [7, 11) is 0.611. The molecule has 2 amide bonds. The van der Waals surface area contributed by atoms with Gasteiger partial charge in [0.2, 0.25) is 11.8 Å². The van der Waals surface area contributed by atoms with Crippen LogP contribution in [0.5, 0.6) is 11.5 Å². The first kappa shape index (κ1) is 31.6. The van der Waals surface area contributed by atoms with Gasteiger partial charge >= 0.3 is 7.12 Å². The van der Waals surface area contributed by atoms with Gasteiger partial charge in [0.25, 0.3) is 0 Å². The Morgan fingerprint density at radius 3 is 2.57 bits per heavy atom. The van der Waals surface area contributed by atoms with Gasteiger partial charge in [0.05, 0.1) is 28.6 Å². The third-order valence-electron chi connectivity index (χ3n) is 9.77. The zero-order chi connectivity index (χ0) is 30.0. The van der Waals surface area contributed by atoms with Gasteiger partial charge in [0.15, 0.2) is 11.5 Å². The van der Waals surface area contributed by atoms with Gasteiger partial charge in [-0.3, -0.25) is 14.5 Å². The van der Waals surface area contributed by atoms with Crippen LogP contribution in [-0.2, 0) is 14.2 Å². The predicted octanol–water partition coefficient (Wildman–Crippen LogP) is 6.90. The number of imide groups is 1. The lowest BCUT2D eigenvalue weighted by molar-refractivity contribution is -0.143. The van der Waals surface area contributed by atoms with Crippen molar-refractivity contribution in [1.29, 1.82) is 0 Å². The standard InChI is InChI=1S/C33H45BINO6/c1-4-9-20(15-21-16-26(35)31(37)28(17-21)41-3)13-14-27-29-22(10-5-2)18-24-30(25(29)19-34(40)42-27)33(39)36(32(24)38)23-11-7-6-8-12-23/h15-17,23-25,27,30,37,40H,4-14,18-19H2,1-3H3/b20-15+/t24-,25+,27-,30-/m1/s1. The van der Waals surface area contributed by atoms with E-state index in [0.29, 0.717) is 24.9 Å². The average molecular weight is 689 g/mol. The summed E-state index contributed by atoms with van der Waals surface area (Å²) in [6, 6.07) is 3.84. The Bertz CT molecular complexity index is 1240. The van der Waals surface area contributed by atoms with Crippen LogP contribution in [0.4, 0.5) is 0 Å². The van der Waals surface area contributed by atoms with Crippen molar-refractivity contribution in [3.05, 3.63) is 38.0 Å². The molecule has 3 fully saturated rings. The van der Waals surface area contributed by atoms with E-state index in [4.69, 9.17) is 9.39 Å². The van der Waals surface area contributed by atoms with Gasteiger partial charge in [-0.15, -0.1) is 0 Å². The Hall–Kier alpha value is -1.85. The van der Waals surface area contributed by atoms with Crippen LogP contribution in [0.1, 0.15) is 96.5 Å². The van der Waals surface area contributed by atoms with Crippen molar-refractivity contribution in [2.24, 2.45) is 17.8 Å². The van der Waals surface area contributed by atoms with Crippen LogP contribution in [0.2, 0.25) is 6.32 Å². The summed E-state index contributed by atoms with van der Waals surface area (Å²) in [5, 5.41) is 21.2. The van der Waals surface area contributed by atoms with E-state index in [9.17, 15) is 19.7 Å². The van der Waals surface area contributed by atoms with Crippen molar-refractivity contribution in [2.75, 3.05) is 7.11 Å². The fraction of sp³-hybridized carbons (Fsp3) is 0.636. The number of ether oxygens (including phenoxy) is 1. The van der Waals surface area contributed by atoms with Crippen molar-refractivity contribution >= 4 is 47.6 Å². The molecule has 2 aliphatic carbocycles. The molecule has 0 unspecified atom stereocenters. The van der Waals surface area contributed by atoms with Crippen LogP contribution in [-0.4, -0.2) is 53.2 Å². The number of amides is 2. The summed E-state index contributed by atoms with van der Waals surface area (Å²) in [4.78, 5) is 29.4. The molecule has 7 nitrogen and oxygen atoms in total. The van der Waals surface area contributed by atoms with Crippen LogP contribution in [0.25, 0.3) is 6.08 Å². The number of nitrogens with zero attached hydrogens (tertiary/aromatic N) is 1. The molecule has 2 saturated heterocycles. The van der Waals surface area contributed by atoms with Crippen molar-refractivity contribution in [3.8, 4) is 11.5 Å². The monoisotopic (exact) mass is 689 g/mol. The topological polar surface area (TPSA) is 96.3 Å². The lowest BCUT2D eigenvalue weighted by Gasteiger charge is -2.43. The van der Waals surface area contributed by atoms with E-state index in [1.807, 2.05) is 12.1 Å². The highest BCUT2D eigenvalue weighted by Gasteiger charge is 2.58.